The molecule has 2 aromatic rings. The average Bonchev–Trinajstić information content (AvgIpc) is 2.59. The Kier molecular flexibility index (Phi) is 6.06. The third-order valence-electron chi connectivity index (χ3n) is 3.32. The molecule has 0 N–H and O–H groups in total. The Balaban J connectivity index is 2.42. The molecule has 0 saturated heterocycles. The van der Waals surface area contributed by atoms with Gasteiger partial charge in [-0.15, -0.1) is 0 Å². The van der Waals surface area contributed by atoms with Crippen LogP contribution in [0.1, 0.15) is 25.8 Å². The van der Waals surface area contributed by atoms with Gasteiger partial charge in [0, 0.05) is 25.0 Å². The number of aromatic nitrogens is 2. The Labute approximate surface area is 144 Å². The molecule has 25 heavy (non-hydrogen) atoms. The first-order valence-electron chi connectivity index (χ1n) is 7.90. The van der Waals surface area contributed by atoms with E-state index in [-0.39, 0.29) is 18.4 Å². The summed E-state index contributed by atoms with van der Waals surface area (Å²) in [5.74, 6) is 0.303. The summed E-state index contributed by atoms with van der Waals surface area (Å²) in [6, 6.07) is 6.72. The van der Waals surface area contributed by atoms with Crippen LogP contribution < -0.4 is 14.4 Å². The second-order valence-electron chi connectivity index (χ2n) is 5.23. The van der Waals surface area contributed by atoms with E-state index in [0.717, 1.165) is 12.6 Å². The molecule has 0 fully saturated rings. The van der Waals surface area contributed by atoms with Gasteiger partial charge >= 0.3 is 12.2 Å². The van der Waals surface area contributed by atoms with Crippen molar-refractivity contribution in [2.45, 2.75) is 26.4 Å². The summed E-state index contributed by atoms with van der Waals surface area (Å²) >= 11 is 0. The zero-order valence-electron chi connectivity index (χ0n) is 14.3. The van der Waals surface area contributed by atoms with Crippen molar-refractivity contribution in [2.24, 2.45) is 0 Å². The van der Waals surface area contributed by atoms with Crippen LogP contribution >= 0.6 is 0 Å². The van der Waals surface area contributed by atoms with Gasteiger partial charge in [-0.25, -0.2) is 4.98 Å². The van der Waals surface area contributed by atoms with E-state index >= 15 is 0 Å². The van der Waals surface area contributed by atoms with Gasteiger partial charge in [-0.1, -0.05) is 13.0 Å². The number of hydrogen-bond donors (Lipinski definition) is 0. The summed E-state index contributed by atoms with van der Waals surface area (Å²) in [4.78, 5) is 8.89. The highest BCUT2D eigenvalue weighted by atomic mass is 19.4. The van der Waals surface area contributed by atoms with E-state index in [2.05, 4.69) is 9.97 Å². The minimum absolute atomic E-state index is 0.101. The Morgan fingerprint density at radius 3 is 2.56 bits per heavy atom. The van der Waals surface area contributed by atoms with Crippen LogP contribution in [0.25, 0.3) is 0 Å². The van der Waals surface area contributed by atoms with Crippen LogP contribution in [0.4, 0.5) is 24.7 Å². The van der Waals surface area contributed by atoms with E-state index in [0.29, 0.717) is 18.0 Å². The van der Waals surface area contributed by atoms with Crippen molar-refractivity contribution in [3.05, 3.63) is 36.0 Å². The maximum Gasteiger partial charge on any atom is 0.421 e. The fourth-order valence-corrected chi connectivity index (χ4v) is 2.14. The molecule has 0 spiro atoms. The number of alkyl halides is 3. The zero-order valence-corrected chi connectivity index (χ0v) is 14.3. The molecule has 5 nitrogen and oxygen atoms in total. The summed E-state index contributed by atoms with van der Waals surface area (Å²) < 4.78 is 50.6. The minimum Gasteiger partial charge on any atom is -0.494 e. The van der Waals surface area contributed by atoms with Gasteiger partial charge in [0.2, 0.25) is 0 Å². The molecule has 2 rings (SSSR count). The summed E-state index contributed by atoms with van der Waals surface area (Å²) in [5.41, 5.74) is -0.418. The molecule has 1 aromatic carbocycles. The number of rotatable bonds is 7. The van der Waals surface area contributed by atoms with Crippen molar-refractivity contribution in [1.82, 2.24) is 9.97 Å². The fourth-order valence-electron chi connectivity index (χ4n) is 2.14. The predicted molar refractivity (Wildman–Crippen MR) is 88.5 cm³/mol. The van der Waals surface area contributed by atoms with Crippen LogP contribution in [-0.2, 0) is 6.18 Å². The topological polar surface area (TPSA) is 47.5 Å². The van der Waals surface area contributed by atoms with Gasteiger partial charge in [-0.2, -0.15) is 18.2 Å². The van der Waals surface area contributed by atoms with Gasteiger partial charge < -0.3 is 14.4 Å². The lowest BCUT2D eigenvalue weighted by Crippen LogP contribution is -2.19. The molecule has 8 heteroatoms. The van der Waals surface area contributed by atoms with E-state index < -0.39 is 11.7 Å². The van der Waals surface area contributed by atoms with Gasteiger partial charge in [0.1, 0.15) is 11.3 Å². The van der Waals surface area contributed by atoms with Crippen molar-refractivity contribution >= 4 is 11.5 Å². The summed E-state index contributed by atoms with van der Waals surface area (Å²) in [5, 5.41) is 0. The van der Waals surface area contributed by atoms with Crippen LogP contribution in [0.5, 0.6) is 11.8 Å². The second kappa shape index (κ2) is 8.04. The van der Waals surface area contributed by atoms with Crippen LogP contribution in [-0.4, -0.2) is 30.2 Å². The van der Waals surface area contributed by atoms with Crippen molar-refractivity contribution in [3.63, 3.8) is 0 Å². The molecule has 0 atom stereocenters. The third-order valence-corrected chi connectivity index (χ3v) is 3.32. The first kappa shape index (κ1) is 18.8. The summed E-state index contributed by atoms with van der Waals surface area (Å²) in [6.45, 7) is 4.47. The lowest BCUT2D eigenvalue weighted by atomic mass is 10.2. The van der Waals surface area contributed by atoms with Gasteiger partial charge in [-0.05, 0) is 25.5 Å². The van der Waals surface area contributed by atoms with E-state index in [1.165, 1.54) is 11.9 Å². The molecule has 0 radical (unpaired) electrons. The summed E-state index contributed by atoms with van der Waals surface area (Å²) in [7, 11) is 1.51. The normalized spacial score (nSPS) is 11.3. The fraction of sp³-hybridized carbons (Fsp3) is 0.412. The maximum atomic E-state index is 13.3. The van der Waals surface area contributed by atoms with E-state index in [1.54, 1.807) is 31.2 Å². The molecular weight excluding hydrogens is 335 g/mol. The Morgan fingerprint density at radius 2 is 1.92 bits per heavy atom. The van der Waals surface area contributed by atoms with Gasteiger partial charge in [0.05, 0.1) is 13.2 Å². The summed E-state index contributed by atoms with van der Waals surface area (Å²) in [6.07, 6.45) is -3.01. The molecule has 0 aliphatic carbocycles. The number of ether oxygens (including phenoxy) is 2. The van der Waals surface area contributed by atoms with E-state index in [4.69, 9.17) is 9.47 Å². The number of anilines is 2. The van der Waals surface area contributed by atoms with Crippen molar-refractivity contribution in [3.8, 4) is 11.8 Å². The molecule has 1 heterocycles. The molecular formula is C17H20F3N3O2. The molecule has 1 aromatic heterocycles. The van der Waals surface area contributed by atoms with Crippen molar-refractivity contribution in [2.75, 3.05) is 25.2 Å². The molecule has 0 saturated carbocycles. The van der Waals surface area contributed by atoms with E-state index in [9.17, 15) is 13.2 Å². The first-order valence-corrected chi connectivity index (χ1v) is 7.90. The Bertz CT molecular complexity index is 708. The second-order valence-corrected chi connectivity index (χ2v) is 5.23. The maximum absolute atomic E-state index is 13.3. The molecule has 0 bridgehead atoms. The quantitative estimate of drug-likeness (QED) is 0.734. The highest BCUT2D eigenvalue weighted by Gasteiger charge is 2.36. The number of halogens is 3. The first-order chi connectivity index (χ1) is 11.9. The molecule has 0 unspecified atom stereocenters. The largest absolute Gasteiger partial charge is 0.494 e. The minimum atomic E-state index is -4.58. The Hall–Kier alpha value is -2.51. The van der Waals surface area contributed by atoms with Crippen LogP contribution in [0.2, 0.25) is 0 Å². The van der Waals surface area contributed by atoms with Gasteiger partial charge in [0.15, 0.2) is 5.82 Å². The van der Waals surface area contributed by atoms with Crippen molar-refractivity contribution in [1.29, 1.82) is 0 Å². The third kappa shape index (κ3) is 4.74. The van der Waals surface area contributed by atoms with Crippen molar-refractivity contribution < 1.29 is 22.6 Å². The van der Waals surface area contributed by atoms with Crippen LogP contribution in [0.15, 0.2) is 30.5 Å². The van der Waals surface area contributed by atoms with Crippen LogP contribution in [0, 0.1) is 0 Å². The smallest absolute Gasteiger partial charge is 0.421 e. The highest BCUT2D eigenvalue weighted by molar-refractivity contribution is 5.64. The predicted octanol–water partition coefficient (Wildman–Crippen LogP) is 4.45. The SMILES string of the molecule is CCCOc1cccc(N(C)c2nc(OCC)ncc2C(F)(F)F)c1. The van der Waals surface area contributed by atoms with Crippen LogP contribution in [0.3, 0.4) is 0 Å². The Morgan fingerprint density at radius 1 is 1.16 bits per heavy atom. The molecule has 136 valence electrons. The standard InChI is InChI=1S/C17H20F3N3O2/c1-4-9-25-13-8-6-7-12(10-13)23(3)15-14(17(18,19)20)11-21-16(22-15)24-5-2/h6-8,10-11H,4-5,9H2,1-3H3. The molecule has 0 amide bonds. The molecule has 0 aliphatic heterocycles. The van der Waals surface area contributed by atoms with Gasteiger partial charge in [-0.3, -0.25) is 0 Å². The zero-order chi connectivity index (χ0) is 18.4. The van der Waals surface area contributed by atoms with Gasteiger partial charge in [0.25, 0.3) is 0 Å². The monoisotopic (exact) mass is 355 g/mol. The lowest BCUT2D eigenvalue weighted by Gasteiger charge is -2.23. The number of benzene rings is 1. The number of nitrogens with zero attached hydrogens (tertiary/aromatic N) is 3. The lowest BCUT2D eigenvalue weighted by molar-refractivity contribution is -0.137. The highest BCUT2D eigenvalue weighted by Crippen LogP contribution is 2.38. The molecule has 0 aliphatic rings. The average molecular weight is 355 g/mol. The number of hydrogen-bond acceptors (Lipinski definition) is 5. The van der Waals surface area contributed by atoms with E-state index in [1.807, 2.05) is 6.92 Å².